The molecule has 8 heteroatoms. The SMILES string of the molecule is Cl.NCC1(C(=O)Nc2ccc(C(N)=O)c(N3CCCCC3)c2)CCOCC1. The van der Waals surface area contributed by atoms with Crippen LogP contribution < -0.4 is 21.7 Å². The van der Waals surface area contributed by atoms with E-state index in [-0.39, 0.29) is 18.3 Å². The van der Waals surface area contributed by atoms with Crippen molar-refractivity contribution in [3.05, 3.63) is 23.8 Å². The van der Waals surface area contributed by atoms with Crippen LogP contribution in [0.3, 0.4) is 0 Å². The van der Waals surface area contributed by atoms with E-state index in [1.54, 1.807) is 12.1 Å². The molecule has 150 valence electrons. The van der Waals surface area contributed by atoms with E-state index < -0.39 is 11.3 Å². The Morgan fingerprint density at radius 3 is 2.41 bits per heavy atom. The summed E-state index contributed by atoms with van der Waals surface area (Å²) < 4.78 is 5.37. The Morgan fingerprint density at radius 2 is 1.81 bits per heavy atom. The summed E-state index contributed by atoms with van der Waals surface area (Å²) in [5.41, 5.74) is 12.8. The van der Waals surface area contributed by atoms with Crippen LogP contribution in [-0.2, 0) is 9.53 Å². The van der Waals surface area contributed by atoms with Gasteiger partial charge in [-0.05, 0) is 50.3 Å². The van der Waals surface area contributed by atoms with Crippen molar-refractivity contribution in [2.75, 3.05) is 43.1 Å². The van der Waals surface area contributed by atoms with Crippen LogP contribution in [0.25, 0.3) is 0 Å². The number of nitrogens with zero attached hydrogens (tertiary/aromatic N) is 1. The zero-order valence-corrected chi connectivity index (χ0v) is 16.4. The second-order valence-electron chi connectivity index (χ2n) is 7.19. The number of anilines is 2. The van der Waals surface area contributed by atoms with Gasteiger partial charge in [0.25, 0.3) is 5.91 Å². The van der Waals surface area contributed by atoms with E-state index in [0.29, 0.717) is 43.9 Å². The van der Waals surface area contributed by atoms with E-state index in [1.807, 2.05) is 6.07 Å². The number of hydrogen-bond donors (Lipinski definition) is 3. The summed E-state index contributed by atoms with van der Waals surface area (Å²) in [4.78, 5) is 26.9. The summed E-state index contributed by atoms with van der Waals surface area (Å²) in [6.45, 7) is 3.17. The molecule has 7 nitrogen and oxygen atoms in total. The molecule has 0 aromatic heterocycles. The van der Waals surface area contributed by atoms with E-state index in [0.717, 1.165) is 31.6 Å². The number of amides is 2. The van der Waals surface area contributed by atoms with E-state index in [1.165, 1.54) is 6.42 Å². The van der Waals surface area contributed by atoms with Gasteiger partial charge in [-0.3, -0.25) is 9.59 Å². The predicted molar refractivity (Wildman–Crippen MR) is 108 cm³/mol. The molecule has 27 heavy (non-hydrogen) atoms. The number of carbonyl (C=O) groups is 2. The first-order chi connectivity index (χ1) is 12.6. The average molecular weight is 397 g/mol. The lowest BCUT2D eigenvalue weighted by molar-refractivity contribution is -0.130. The third-order valence-electron chi connectivity index (χ3n) is 5.54. The van der Waals surface area contributed by atoms with E-state index >= 15 is 0 Å². The Labute approximate surface area is 166 Å². The summed E-state index contributed by atoms with van der Waals surface area (Å²) in [6, 6.07) is 5.28. The van der Waals surface area contributed by atoms with Crippen LogP contribution in [0.4, 0.5) is 11.4 Å². The molecule has 2 aliphatic heterocycles. The van der Waals surface area contributed by atoms with Gasteiger partial charge in [-0.15, -0.1) is 12.4 Å². The molecule has 0 atom stereocenters. The van der Waals surface area contributed by atoms with Crippen molar-refractivity contribution in [1.29, 1.82) is 0 Å². The number of halogens is 1. The van der Waals surface area contributed by atoms with Crippen molar-refractivity contribution < 1.29 is 14.3 Å². The molecule has 0 saturated carbocycles. The fourth-order valence-corrected chi connectivity index (χ4v) is 3.76. The fraction of sp³-hybridized carbons (Fsp3) is 0.579. The largest absolute Gasteiger partial charge is 0.381 e. The topological polar surface area (TPSA) is 111 Å². The van der Waals surface area contributed by atoms with Crippen LogP contribution in [0.1, 0.15) is 42.5 Å². The van der Waals surface area contributed by atoms with Crippen LogP contribution in [0.15, 0.2) is 18.2 Å². The third-order valence-corrected chi connectivity index (χ3v) is 5.54. The standard InChI is InChI=1S/C19H28N4O3.ClH/c20-13-19(6-10-26-11-7-19)18(25)22-14-4-5-15(17(21)24)16(12-14)23-8-2-1-3-9-23;/h4-5,12H,1-3,6-11,13,20H2,(H2,21,24)(H,22,25);1H. The molecule has 1 aromatic rings. The van der Waals surface area contributed by atoms with Crippen LogP contribution >= 0.6 is 12.4 Å². The first-order valence-electron chi connectivity index (χ1n) is 9.34. The number of piperidine rings is 1. The molecule has 0 aliphatic carbocycles. The monoisotopic (exact) mass is 396 g/mol. The number of primary amides is 1. The molecule has 0 spiro atoms. The van der Waals surface area contributed by atoms with Gasteiger partial charge in [0.05, 0.1) is 16.7 Å². The number of hydrogen-bond acceptors (Lipinski definition) is 5. The van der Waals surface area contributed by atoms with Crippen LogP contribution in [0.5, 0.6) is 0 Å². The van der Waals surface area contributed by atoms with Gasteiger partial charge in [-0.2, -0.15) is 0 Å². The lowest BCUT2D eigenvalue weighted by atomic mass is 9.79. The fourth-order valence-electron chi connectivity index (χ4n) is 3.76. The Kier molecular flexibility index (Phi) is 7.47. The van der Waals surface area contributed by atoms with E-state index in [2.05, 4.69) is 10.2 Å². The highest BCUT2D eigenvalue weighted by atomic mass is 35.5. The molecular formula is C19H29ClN4O3. The van der Waals surface area contributed by atoms with Gasteiger partial charge in [0.15, 0.2) is 0 Å². The number of nitrogens with one attached hydrogen (secondary N) is 1. The molecule has 2 fully saturated rings. The molecule has 0 unspecified atom stereocenters. The number of carbonyl (C=O) groups excluding carboxylic acids is 2. The number of nitrogens with two attached hydrogens (primary N) is 2. The highest BCUT2D eigenvalue weighted by molar-refractivity contribution is 6.01. The first-order valence-corrected chi connectivity index (χ1v) is 9.34. The van der Waals surface area contributed by atoms with Gasteiger partial charge in [0, 0.05) is 38.5 Å². The van der Waals surface area contributed by atoms with Gasteiger partial charge >= 0.3 is 0 Å². The molecule has 2 amide bonds. The third kappa shape index (κ3) is 4.72. The van der Waals surface area contributed by atoms with Crippen molar-refractivity contribution in [2.45, 2.75) is 32.1 Å². The molecule has 0 bridgehead atoms. The van der Waals surface area contributed by atoms with Crippen LogP contribution in [-0.4, -0.2) is 44.7 Å². The molecule has 1 aromatic carbocycles. The maximum Gasteiger partial charge on any atom is 0.250 e. The smallest absolute Gasteiger partial charge is 0.250 e. The van der Waals surface area contributed by atoms with Gasteiger partial charge in [0.2, 0.25) is 5.91 Å². The maximum absolute atomic E-state index is 12.9. The minimum absolute atomic E-state index is 0. The molecule has 5 N–H and O–H groups in total. The molecule has 2 saturated heterocycles. The summed E-state index contributed by atoms with van der Waals surface area (Å²) in [5, 5.41) is 3.00. The van der Waals surface area contributed by atoms with Gasteiger partial charge in [-0.25, -0.2) is 0 Å². The van der Waals surface area contributed by atoms with Gasteiger partial charge in [0.1, 0.15) is 0 Å². The molecular weight excluding hydrogens is 368 g/mol. The zero-order chi connectivity index (χ0) is 18.6. The van der Waals surface area contributed by atoms with Crippen molar-refractivity contribution >= 4 is 35.6 Å². The van der Waals surface area contributed by atoms with Crippen molar-refractivity contribution in [3.8, 4) is 0 Å². The Bertz CT molecular complexity index is 671. The summed E-state index contributed by atoms with van der Waals surface area (Å²) in [5.74, 6) is -0.536. The van der Waals surface area contributed by atoms with Crippen LogP contribution in [0.2, 0.25) is 0 Å². The molecule has 2 aliphatic rings. The maximum atomic E-state index is 12.9. The number of rotatable bonds is 5. The van der Waals surface area contributed by atoms with E-state index in [4.69, 9.17) is 16.2 Å². The summed E-state index contributed by atoms with van der Waals surface area (Å²) in [7, 11) is 0. The molecule has 0 radical (unpaired) electrons. The highest BCUT2D eigenvalue weighted by Crippen LogP contribution is 2.32. The van der Waals surface area contributed by atoms with E-state index in [9.17, 15) is 9.59 Å². The summed E-state index contributed by atoms with van der Waals surface area (Å²) >= 11 is 0. The Hall–Kier alpha value is -1.83. The molecule has 2 heterocycles. The Morgan fingerprint density at radius 1 is 1.15 bits per heavy atom. The highest BCUT2D eigenvalue weighted by Gasteiger charge is 2.38. The van der Waals surface area contributed by atoms with Gasteiger partial charge in [-0.1, -0.05) is 0 Å². The lowest BCUT2D eigenvalue weighted by Crippen LogP contribution is -2.46. The minimum Gasteiger partial charge on any atom is -0.381 e. The minimum atomic E-state index is -0.591. The first kappa shape index (κ1) is 21.5. The quantitative estimate of drug-likeness (QED) is 0.703. The average Bonchev–Trinajstić information content (AvgIpc) is 2.69. The summed E-state index contributed by atoms with van der Waals surface area (Å²) in [6.07, 6.45) is 4.61. The number of benzene rings is 1. The zero-order valence-electron chi connectivity index (χ0n) is 15.5. The van der Waals surface area contributed by atoms with Gasteiger partial charge < -0.3 is 26.4 Å². The number of ether oxygens (including phenoxy) is 1. The van der Waals surface area contributed by atoms with Crippen molar-refractivity contribution in [1.82, 2.24) is 0 Å². The Balaban J connectivity index is 0.00000261. The lowest BCUT2D eigenvalue weighted by Gasteiger charge is -2.35. The van der Waals surface area contributed by atoms with Crippen molar-refractivity contribution in [3.63, 3.8) is 0 Å². The molecule has 3 rings (SSSR count). The normalized spacial score (nSPS) is 19.1. The second-order valence-corrected chi connectivity index (χ2v) is 7.19. The second kappa shape index (κ2) is 9.39. The van der Waals surface area contributed by atoms with Crippen molar-refractivity contribution in [2.24, 2.45) is 16.9 Å². The van der Waals surface area contributed by atoms with Crippen LogP contribution in [0, 0.1) is 5.41 Å². The predicted octanol–water partition coefficient (Wildman–Crippen LogP) is 1.89.